The third-order valence-electron chi connectivity index (χ3n) is 6.86. The normalized spacial score (nSPS) is 23.6. The van der Waals surface area contributed by atoms with Gasteiger partial charge in [0.15, 0.2) is 0 Å². The van der Waals surface area contributed by atoms with Crippen molar-refractivity contribution in [1.82, 2.24) is 20.4 Å². The number of alkyl halides is 6. The van der Waals surface area contributed by atoms with E-state index in [0.717, 1.165) is 62.2 Å². The molecule has 3 heterocycles. The fourth-order valence-electron chi connectivity index (χ4n) is 4.70. The maximum atomic E-state index is 13.6. The largest absolute Gasteiger partial charge is 0.416 e. The van der Waals surface area contributed by atoms with Crippen LogP contribution in [0.5, 0.6) is 0 Å². The average Bonchev–Trinajstić information content (AvgIpc) is 2.87. The number of likely N-dealkylation sites (N-methyl/N-ethyl adjacent to an activating group) is 1. The van der Waals surface area contributed by atoms with Gasteiger partial charge in [0.25, 0.3) is 0 Å². The molecule has 212 valence electrons. The number of piperazine rings is 1. The van der Waals surface area contributed by atoms with Crippen LogP contribution in [0.3, 0.4) is 0 Å². The zero-order valence-corrected chi connectivity index (χ0v) is 21.4. The molecule has 0 saturated carbocycles. The monoisotopic (exact) mass is 554 g/mol. The molecule has 1 saturated heterocycles. The van der Waals surface area contributed by atoms with Crippen LogP contribution < -0.4 is 21.7 Å². The predicted molar refractivity (Wildman–Crippen MR) is 139 cm³/mol. The number of hydrogen-bond acceptors (Lipinski definition) is 6. The SMILES string of the molecule is CN1CCN(CC2C=C(Nc3ccc(C(F)(F)F)cc3)C3=CC=C(C/C(=C\C=C/N)C(F)(F)F)NC3N2)CC1. The summed E-state index contributed by atoms with van der Waals surface area (Å²) in [5.74, 6) is 0. The first-order valence-corrected chi connectivity index (χ1v) is 12.6. The number of nitrogens with zero attached hydrogens (tertiary/aromatic N) is 2. The van der Waals surface area contributed by atoms with Crippen molar-refractivity contribution in [1.29, 1.82) is 0 Å². The summed E-state index contributed by atoms with van der Waals surface area (Å²) in [6.45, 7) is 4.29. The number of benzene rings is 1. The summed E-state index contributed by atoms with van der Waals surface area (Å²) >= 11 is 0. The number of nitrogens with one attached hydrogen (secondary N) is 3. The highest BCUT2D eigenvalue weighted by molar-refractivity contribution is 5.58. The lowest BCUT2D eigenvalue weighted by molar-refractivity contribution is -0.137. The van der Waals surface area contributed by atoms with Gasteiger partial charge in [-0.15, -0.1) is 0 Å². The topological polar surface area (TPSA) is 68.6 Å². The Labute approximate surface area is 223 Å². The van der Waals surface area contributed by atoms with E-state index in [1.165, 1.54) is 12.1 Å². The van der Waals surface area contributed by atoms with Gasteiger partial charge in [0, 0.05) is 73.4 Å². The molecule has 4 rings (SSSR count). The molecule has 0 bridgehead atoms. The van der Waals surface area contributed by atoms with Gasteiger partial charge in [0.05, 0.1) is 5.56 Å². The highest BCUT2D eigenvalue weighted by Gasteiger charge is 2.36. The first-order chi connectivity index (χ1) is 18.4. The Morgan fingerprint density at radius 2 is 1.74 bits per heavy atom. The zero-order valence-electron chi connectivity index (χ0n) is 21.4. The van der Waals surface area contributed by atoms with Crippen LogP contribution in [0.1, 0.15) is 12.0 Å². The van der Waals surface area contributed by atoms with Crippen LogP contribution >= 0.6 is 0 Å². The fraction of sp³-hybridized carbons (Fsp3) is 0.407. The maximum Gasteiger partial charge on any atom is 0.416 e. The van der Waals surface area contributed by atoms with Crippen molar-refractivity contribution >= 4 is 5.69 Å². The average molecular weight is 555 g/mol. The second kappa shape index (κ2) is 11.9. The van der Waals surface area contributed by atoms with E-state index >= 15 is 0 Å². The van der Waals surface area contributed by atoms with E-state index in [9.17, 15) is 26.3 Å². The van der Waals surface area contributed by atoms with Crippen molar-refractivity contribution in [2.45, 2.75) is 31.0 Å². The van der Waals surface area contributed by atoms with Gasteiger partial charge in [-0.2, -0.15) is 26.3 Å². The molecule has 6 nitrogen and oxygen atoms in total. The van der Waals surface area contributed by atoms with Gasteiger partial charge in [0.1, 0.15) is 6.17 Å². The van der Waals surface area contributed by atoms with Gasteiger partial charge < -0.3 is 21.3 Å². The predicted octanol–water partition coefficient (Wildman–Crippen LogP) is 4.31. The van der Waals surface area contributed by atoms with Crippen LogP contribution in [0, 0.1) is 0 Å². The lowest BCUT2D eigenvalue weighted by Crippen LogP contribution is -2.56. The Morgan fingerprint density at radius 3 is 2.36 bits per heavy atom. The molecule has 12 heteroatoms. The molecule has 0 radical (unpaired) electrons. The third kappa shape index (κ3) is 7.68. The van der Waals surface area contributed by atoms with Crippen LogP contribution in [-0.2, 0) is 6.18 Å². The van der Waals surface area contributed by atoms with Crippen LogP contribution in [0.15, 0.2) is 83.4 Å². The second-order valence-electron chi connectivity index (χ2n) is 9.80. The quantitative estimate of drug-likeness (QED) is 0.298. The van der Waals surface area contributed by atoms with Gasteiger partial charge in [-0.25, -0.2) is 0 Å². The Balaban J connectivity index is 1.58. The zero-order chi connectivity index (χ0) is 28.2. The summed E-state index contributed by atoms with van der Waals surface area (Å²) in [5.41, 5.74) is 6.00. The van der Waals surface area contributed by atoms with Gasteiger partial charge in [-0.3, -0.25) is 10.2 Å². The number of dihydropyridines is 1. The number of rotatable bonds is 7. The Bertz CT molecular complexity index is 1150. The molecule has 0 amide bonds. The van der Waals surface area contributed by atoms with Crippen LogP contribution in [0.4, 0.5) is 32.0 Å². The van der Waals surface area contributed by atoms with Crippen LogP contribution in [-0.4, -0.2) is 68.0 Å². The van der Waals surface area contributed by atoms with E-state index in [4.69, 9.17) is 5.73 Å². The van der Waals surface area contributed by atoms with Gasteiger partial charge in [0.2, 0.25) is 0 Å². The summed E-state index contributed by atoms with van der Waals surface area (Å²) in [6.07, 6.45) is -1.40. The van der Waals surface area contributed by atoms with Crippen molar-refractivity contribution in [2.24, 2.45) is 5.73 Å². The first-order valence-electron chi connectivity index (χ1n) is 12.6. The Hall–Kier alpha value is -3.22. The minimum Gasteiger partial charge on any atom is -0.405 e. The molecule has 1 aromatic carbocycles. The molecule has 3 aliphatic rings. The molecule has 39 heavy (non-hydrogen) atoms. The number of anilines is 1. The van der Waals surface area contributed by atoms with Crippen molar-refractivity contribution in [3.63, 3.8) is 0 Å². The lowest BCUT2D eigenvalue weighted by atomic mass is 9.96. The fourth-order valence-corrected chi connectivity index (χ4v) is 4.70. The summed E-state index contributed by atoms with van der Waals surface area (Å²) in [5, 5.41) is 9.87. The van der Waals surface area contributed by atoms with Gasteiger partial charge >= 0.3 is 12.4 Å². The molecular formula is C27H32F6N6. The highest BCUT2D eigenvalue weighted by atomic mass is 19.4. The molecule has 1 fully saturated rings. The summed E-state index contributed by atoms with van der Waals surface area (Å²) in [4.78, 5) is 4.55. The van der Waals surface area contributed by atoms with E-state index in [2.05, 4.69) is 32.8 Å². The minimum absolute atomic E-state index is 0.155. The summed E-state index contributed by atoms with van der Waals surface area (Å²) < 4.78 is 79.7. The van der Waals surface area contributed by atoms with E-state index in [-0.39, 0.29) is 12.5 Å². The van der Waals surface area contributed by atoms with Crippen molar-refractivity contribution < 1.29 is 26.3 Å². The van der Waals surface area contributed by atoms with E-state index in [1.54, 1.807) is 12.2 Å². The number of allylic oxidation sites excluding steroid dienone is 5. The van der Waals surface area contributed by atoms with E-state index < -0.39 is 29.7 Å². The van der Waals surface area contributed by atoms with Crippen molar-refractivity contribution in [3.8, 4) is 0 Å². The smallest absolute Gasteiger partial charge is 0.405 e. The van der Waals surface area contributed by atoms with Crippen molar-refractivity contribution in [3.05, 3.63) is 88.9 Å². The van der Waals surface area contributed by atoms with E-state index in [0.29, 0.717) is 23.6 Å². The molecule has 2 atom stereocenters. The van der Waals surface area contributed by atoms with Gasteiger partial charge in [-0.05, 0) is 55.7 Å². The number of hydrogen-bond donors (Lipinski definition) is 4. The second-order valence-corrected chi connectivity index (χ2v) is 9.80. The molecular weight excluding hydrogens is 522 g/mol. The highest BCUT2D eigenvalue weighted by Crippen LogP contribution is 2.33. The van der Waals surface area contributed by atoms with E-state index in [1.807, 2.05) is 6.08 Å². The standard InChI is InChI=1S/C27H32F6N6/c1-38-11-13-39(14-12-38)17-22-16-24(35-20-6-4-18(5-7-20)26(28,29)30)23-9-8-21(36-25(23)37-22)15-19(3-2-10-34)27(31,32)33/h2-10,16,22,25,35-37H,11-15,17,34H2,1H3/b10-2-,19-3+. The van der Waals surface area contributed by atoms with Crippen LogP contribution in [0.25, 0.3) is 0 Å². The van der Waals surface area contributed by atoms with Gasteiger partial charge in [-0.1, -0.05) is 12.2 Å². The molecule has 5 N–H and O–H groups in total. The van der Waals surface area contributed by atoms with Crippen molar-refractivity contribution in [2.75, 3.05) is 45.1 Å². The minimum atomic E-state index is -4.52. The van der Waals surface area contributed by atoms with Crippen LogP contribution in [0.2, 0.25) is 0 Å². The molecule has 3 aliphatic heterocycles. The first kappa shape index (κ1) is 28.8. The molecule has 1 aromatic rings. The summed E-state index contributed by atoms with van der Waals surface area (Å²) in [6, 6.07) is 4.58. The molecule has 0 aliphatic carbocycles. The third-order valence-corrected chi connectivity index (χ3v) is 6.86. The number of halogens is 6. The molecule has 0 spiro atoms. The number of fused-ring (bicyclic) bond motifs is 1. The number of nitrogens with two attached hydrogens (primary N) is 1. The molecule has 0 aromatic heterocycles. The Morgan fingerprint density at radius 1 is 1.05 bits per heavy atom. The maximum absolute atomic E-state index is 13.6. The Kier molecular flexibility index (Phi) is 8.77. The molecule has 2 unspecified atom stereocenters. The summed E-state index contributed by atoms with van der Waals surface area (Å²) in [7, 11) is 2.06. The lowest BCUT2D eigenvalue weighted by Gasteiger charge is -2.40.